The van der Waals surface area contributed by atoms with E-state index in [1.54, 1.807) is 24.3 Å². The summed E-state index contributed by atoms with van der Waals surface area (Å²) >= 11 is 6.18. The molecule has 0 aliphatic carbocycles. The van der Waals surface area contributed by atoms with Crippen molar-refractivity contribution in [1.82, 2.24) is 25.1 Å². The summed E-state index contributed by atoms with van der Waals surface area (Å²) < 4.78 is 14.8. The molecule has 3 aromatic carbocycles. The number of tetrazole rings is 1. The van der Waals surface area contributed by atoms with Crippen LogP contribution in [0.1, 0.15) is 22.7 Å². The Hall–Kier alpha value is -4.37. The van der Waals surface area contributed by atoms with E-state index in [0.717, 1.165) is 11.1 Å². The predicted molar refractivity (Wildman–Crippen MR) is 133 cm³/mol. The highest BCUT2D eigenvalue weighted by atomic mass is 35.5. The number of fused-ring (bicyclic) bond motifs is 1. The number of rotatable bonds is 5. The first-order valence-corrected chi connectivity index (χ1v) is 11.5. The monoisotopic (exact) mass is 502 g/mol. The summed E-state index contributed by atoms with van der Waals surface area (Å²) in [6, 6.07) is 17.3. The van der Waals surface area contributed by atoms with Crippen LogP contribution in [0.15, 0.2) is 79.1 Å². The van der Waals surface area contributed by atoms with Crippen LogP contribution in [-0.2, 0) is 16.0 Å². The molecule has 0 bridgehead atoms. The zero-order chi connectivity index (χ0) is 25.1. The van der Waals surface area contributed by atoms with E-state index >= 15 is 0 Å². The van der Waals surface area contributed by atoms with Gasteiger partial charge < -0.3 is 10.2 Å². The number of carbonyl (C=O) groups is 2. The second-order valence-corrected chi connectivity index (χ2v) is 8.61. The van der Waals surface area contributed by atoms with E-state index in [4.69, 9.17) is 11.6 Å². The third kappa shape index (κ3) is 4.87. The van der Waals surface area contributed by atoms with Gasteiger partial charge in [0.05, 0.1) is 5.69 Å². The standard InChI is InChI=1S/C26H20ClFN6O2/c27-19-6-11-23(34-16-29-31-32-34)18(15-19)5-12-24(35)33-14-13-17-3-1-2-4-22(17)25(33)26(36)30-21-9-7-20(28)8-10-21/h1-12,15-16,25H,13-14H2,(H,30,36)/b12-5+/t25-/m0/s1. The SMILES string of the molecule is O=C(Nc1ccc(F)cc1)[C@@H]1c2ccccc2CCN1C(=O)/C=C/c1cc(Cl)ccc1-n1cnnn1. The minimum Gasteiger partial charge on any atom is -0.324 e. The van der Waals surface area contributed by atoms with Gasteiger partial charge in [0.2, 0.25) is 5.91 Å². The number of benzene rings is 3. The zero-order valence-electron chi connectivity index (χ0n) is 18.9. The van der Waals surface area contributed by atoms with Crippen LogP contribution in [0.4, 0.5) is 10.1 Å². The lowest BCUT2D eigenvalue weighted by molar-refractivity contribution is -0.135. The maximum absolute atomic E-state index is 13.4. The van der Waals surface area contributed by atoms with Gasteiger partial charge in [-0.1, -0.05) is 35.9 Å². The van der Waals surface area contributed by atoms with Crippen molar-refractivity contribution in [2.24, 2.45) is 0 Å². The highest BCUT2D eigenvalue weighted by Gasteiger charge is 2.35. The van der Waals surface area contributed by atoms with E-state index in [1.165, 1.54) is 46.3 Å². The summed E-state index contributed by atoms with van der Waals surface area (Å²) in [7, 11) is 0. The van der Waals surface area contributed by atoms with Gasteiger partial charge >= 0.3 is 0 Å². The molecule has 1 aliphatic heterocycles. The first-order chi connectivity index (χ1) is 17.5. The van der Waals surface area contributed by atoms with E-state index < -0.39 is 11.9 Å². The minimum atomic E-state index is -0.851. The normalized spacial score (nSPS) is 15.1. The summed E-state index contributed by atoms with van der Waals surface area (Å²) in [5.41, 5.74) is 3.47. The molecule has 0 saturated carbocycles. The van der Waals surface area contributed by atoms with Gasteiger partial charge in [-0.05, 0) is 76.5 Å². The quantitative estimate of drug-likeness (QED) is 0.412. The molecule has 36 heavy (non-hydrogen) atoms. The Kier molecular flexibility index (Phi) is 6.55. The van der Waals surface area contributed by atoms with Crippen LogP contribution in [0.3, 0.4) is 0 Å². The number of anilines is 1. The van der Waals surface area contributed by atoms with Crippen molar-refractivity contribution in [1.29, 1.82) is 0 Å². The minimum absolute atomic E-state index is 0.341. The van der Waals surface area contributed by atoms with Gasteiger partial charge in [0.15, 0.2) is 0 Å². The van der Waals surface area contributed by atoms with E-state index in [0.29, 0.717) is 34.9 Å². The number of carbonyl (C=O) groups excluding carboxylic acids is 2. The molecule has 0 saturated heterocycles. The molecule has 0 radical (unpaired) electrons. The number of halogens is 2. The Bertz CT molecular complexity index is 1440. The molecule has 1 atom stereocenters. The number of aromatic nitrogens is 4. The van der Waals surface area contributed by atoms with Crippen LogP contribution in [0.25, 0.3) is 11.8 Å². The first kappa shape index (κ1) is 23.4. The van der Waals surface area contributed by atoms with E-state index in [1.807, 2.05) is 24.3 Å². The Morgan fingerprint density at radius 3 is 2.67 bits per heavy atom. The molecule has 4 aromatic rings. The Labute approximate surface area is 211 Å². The van der Waals surface area contributed by atoms with Crippen LogP contribution in [0.2, 0.25) is 5.02 Å². The van der Waals surface area contributed by atoms with Crippen molar-refractivity contribution >= 4 is 35.2 Å². The molecule has 0 unspecified atom stereocenters. The van der Waals surface area contributed by atoms with Crippen molar-refractivity contribution in [3.8, 4) is 5.69 Å². The molecule has 10 heteroatoms. The van der Waals surface area contributed by atoms with E-state index in [-0.39, 0.29) is 11.8 Å². The second-order valence-electron chi connectivity index (χ2n) is 8.17. The van der Waals surface area contributed by atoms with Gasteiger partial charge in [-0.25, -0.2) is 4.39 Å². The first-order valence-electron chi connectivity index (χ1n) is 11.2. The topological polar surface area (TPSA) is 93.0 Å². The number of nitrogens with zero attached hydrogens (tertiary/aromatic N) is 5. The lowest BCUT2D eigenvalue weighted by atomic mass is 9.91. The highest BCUT2D eigenvalue weighted by molar-refractivity contribution is 6.30. The third-order valence-corrected chi connectivity index (χ3v) is 6.15. The third-order valence-electron chi connectivity index (χ3n) is 5.92. The molecule has 180 valence electrons. The van der Waals surface area contributed by atoms with Crippen molar-refractivity contribution < 1.29 is 14.0 Å². The fourth-order valence-electron chi connectivity index (χ4n) is 4.23. The summed E-state index contributed by atoms with van der Waals surface area (Å²) in [5, 5.41) is 14.5. The number of nitrogens with one attached hydrogen (secondary N) is 1. The van der Waals surface area contributed by atoms with Crippen molar-refractivity contribution in [2.75, 3.05) is 11.9 Å². The summed E-state index contributed by atoms with van der Waals surface area (Å²) in [6.07, 6.45) is 5.09. The smallest absolute Gasteiger partial charge is 0.251 e. The van der Waals surface area contributed by atoms with E-state index in [2.05, 4.69) is 20.8 Å². The molecule has 1 aliphatic rings. The number of amides is 2. The molecule has 1 N–H and O–H groups in total. The summed E-state index contributed by atoms with van der Waals surface area (Å²) in [5.74, 6) is -1.13. The fourth-order valence-corrected chi connectivity index (χ4v) is 4.41. The van der Waals surface area contributed by atoms with Gasteiger partial charge in [-0.3, -0.25) is 9.59 Å². The molecular formula is C26H20ClFN6O2. The van der Waals surface area contributed by atoms with Gasteiger partial charge in [0.1, 0.15) is 18.2 Å². The van der Waals surface area contributed by atoms with E-state index in [9.17, 15) is 14.0 Å². The average Bonchev–Trinajstić information content (AvgIpc) is 3.42. The van der Waals surface area contributed by atoms with Crippen LogP contribution in [-0.4, -0.2) is 43.5 Å². The summed E-state index contributed by atoms with van der Waals surface area (Å²) in [6.45, 7) is 0.358. The maximum Gasteiger partial charge on any atom is 0.251 e. The summed E-state index contributed by atoms with van der Waals surface area (Å²) in [4.78, 5) is 28.3. The molecule has 8 nitrogen and oxygen atoms in total. The molecule has 5 rings (SSSR count). The van der Waals surface area contributed by atoms with Crippen LogP contribution in [0.5, 0.6) is 0 Å². The second kappa shape index (κ2) is 10.1. The van der Waals surface area contributed by atoms with Gasteiger partial charge in [0.25, 0.3) is 5.91 Å². The largest absolute Gasteiger partial charge is 0.324 e. The Morgan fingerprint density at radius 2 is 1.89 bits per heavy atom. The number of hydrogen-bond acceptors (Lipinski definition) is 5. The molecular weight excluding hydrogens is 483 g/mol. The molecule has 1 aromatic heterocycles. The molecule has 2 amide bonds. The molecule has 0 fully saturated rings. The average molecular weight is 503 g/mol. The fraction of sp³-hybridized carbons (Fsp3) is 0.115. The van der Waals surface area contributed by atoms with Crippen LogP contribution >= 0.6 is 11.6 Å². The van der Waals surface area contributed by atoms with Crippen LogP contribution in [0, 0.1) is 5.82 Å². The highest BCUT2D eigenvalue weighted by Crippen LogP contribution is 2.31. The molecule has 2 heterocycles. The predicted octanol–water partition coefficient (Wildman–Crippen LogP) is 4.23. The van der Waals surface area contributed by atoms with Crippen molar-refractivity contribution in [3.63, 3.8) is 0 Å². The zero-order valence-corrected chi connectivity index (χ0v) is 19.6. The van der Waals surface area contributed by atoms with Gasteiger partial charge in [-0.15, -0.1) is 5.10 Å². The van der Waals surface area contributed by atoms with Crippen LogP contribution < -0.4 is 5.32 Å². The van der Waals surface area contributed by atoms with Gasteiger partial charge in [0, 0.05) is 28.9 Å². The number of hydrogen-bond donors (Lipinski definition) is 1. The van der Waals surface area contributed by atoms with Gasteiger partial charge in [-0.2, -0.15) is 4.68 Å². The lowest BCUT2D eigenvalue weighted by Crippen LogP contribution is -2.44. The van der Waals surface area contributed by atoms with Crippen molar-refractivity contribution in [2.45, 2.75) is 12.5 Å². The Morgan fingerprint density at radius 1 is 1.08 bits per heavy atom. The van der Waals surface area contributed by atoms with Crippen molar-refractivity contribution in [3.05, 3.63) is 107 Å². The lowest BCUT2D eigenvalue weighted by Gasteiger charge is -2.35. The Balaban J connectivity index is 1.45. The molecule has 0 spiro atoms. The maximum atomic E-state index is 13.4.